The Morgan fingerprint density at radius 1 is 1.05 bits per heavy atom. The van der Waals surface area contributed by atoms with Crippen LogP contribution in [0.2, 0.25) is 10.0 Å². The Kier molecular flexibility index (Phi) is 4.64. The van der Waals surface area contributed by atoms with Crippen molar-refractivity contribution >= 4 is 23.2 Å². The van der Waals surface area contributed by atoms with Crippen molar-refractivity contribution in [1.82, 2.24) is 0 Å². The van der Waals surface area contributed by atoms with Crippen LogP contribution < -0.4 is 4.74 Å². The van der Waals surface area contributed by atoms with Crippen molar-refractivity contribution in [1.29, 1.82) is 0 Å². The molecule has 2 aromatic rings. The molecular formula is C14H11Cl2FO2. The molecule has 1 N–H and O–H groups in total. The van der Waals surface area contributed by atoms with Crippen LogP contribution in [-0.2, 0) is 13.2 Å². The highest BCUT2D eigenvalue weighted by atomic mass is 35.5. The van der Waals surface area contributed by atoms with Gasteiger partial charge in [-0.25, -0.2) is 4.39 Å². The highest BCUT2D eigenvalue weighted by Gasteiger charge is 2.10. The van der Waals surface area contributed by atoms with Gasteiger partial charge >= 0.3 is 0 Å². The zero-order valence-electron chi connectivity index (χ0n) is 9.87. The number of hydrogen-bond donors (Lipinski definition) is 1. The second kappa shape index (κ2) is 6.24. The summed E-state index contributed by atoms with van der Waals surface area (Å²) >= 11 is 12.0. The maximum atomic E-state index is 13.0. The molecule has 0 heterocycles. The van der Waals surface area contributed by atoms with Crippen LogP contribution >= 0.6 is 23.2 Å². The Balaban J connectivity index is 2.16. The lowest BCUT2D eigenvalue weighted by Crippen LogP contribution is -1.98. The first-order valence-electron chi connectivity index (χ1n) is 5.56. The van der Waals surface area contributed by atoms with E-state index in [4.69, 9.17) is 33.0 Å². The molecule has 5 heteroatoms. The van der Waals surface area contributed by atoms with E-state index in [1.54, 1.807) is 24.3 Å². The molecule has 0 aromatic heterocycles. The molecule has 0 bridgehead atoms. The van der Waals surface area contributed by atoms with E-state index < -0.39 is 0 Å². The summed E-state index contributed by atoms with van der Waals surface area (Å²) in [5, 5.41) is 9.64. The molecule has 0 atom stereocenters. The van der Waals surface area contributed by atoms with E-state index in [9.17, 15) is 4.39 Å². The smallest absolute Gasteiger partial charge is 0.156 e. The number of halogens is 3. The number of aliphatic hydroxyl groups is 1. The van der Waals surface area contributed by atoms with Gasteiger partial charge in [-0.05, 0) is 35.4 Å². The normalized spacial score (nSPS) is 10.5. The fraction of sp³-hybridized carbons (Fsp3) is 0.143. The van der Waals surface area contributed by atoms with Crippen molar-refractivity contribution in [3.63, 3.8) is 0 Å². The van der Waals surface area contributed by atoms with E-state index in [2.05, 4.69) is 0 Å². The van der Waals surface area contributed by atoms with Crippen molar-refractivity contribution in [2.45, 2.75) is 13.2 Å². The lowest BCUT2D eigenvalue weighted by molar-refractivity contribution is 0.281. The molecule has 0 fully saturated rings. The van der Waals surface area contributed by atoms with Crippen molar-refractivity contribution in [3.05, 3.63) is 63.4 Å². The van der Waals surface area contributed by atoms with Gasteiger partial charge in [0.25, 0.3) is 0 Å². The maximum Gasteiger partial charge on any atom is 0.156 e. The largest absolute Gasteiger partial charge is 0.486 e. The van der Waals surface area contributed by atoms with Gasteiger partial charge in [-0.3, -0.25) is 0 Å². The molecular weight excluding hydrogens is 290 g/mol. The summed E-state index contributed by atoms with van der Waals surface area (Å²) in [6.45, 7) is 0.0132. The molecule has 19 heavy (non-hydrogen) atoms. The van der Waals surface area contributed by atoms with E-state index in [1.165, 1.54) is 12.1 Å². The van der Waals surface area contributed by atoms with Crippen LogP contribution in [0.1, 0.15) is 11.1 Å². The molecule has 0 aliphatic heterocycles. The number of benzene rings is 2. The summed E-state index contributed by atoms with van der Waals surface area (Å²) in [6.07, 6.45) is 0. The van der Waals surface area contributed by atoms with E-state index in [0.29, 0.717) is 26.9 Å². The van der Waals surface area contributed by atoms with Gasteiger partial charge in [0.2, 0.25) is 0 Å². The van der Waals surface area contributed by atoms with Gasteiger partial charge in [0.15, 0.2) is 5.75 Å². The predicted octanol–water partition coefficient (Wildman–Crippen LogP) is 4.20. The van der Waals surface area contributed by atoms with Crippen LogP contribution in [-0.4, -0.2) is 5.11 Å². The van der Waals surface area contributed by atoms with Crippen LogP contribution in [0.15, 0.2) is 36.4 Å². The minimum Gasteiger partial charge on any atom is -0.486 e. The zero-order chi connectivity index (χ0) is 13.8. The molecule has 2 rings (SSSR count). The summed E-state index contributed by atoms with van der Waals surface area (Å²) in [4.78, 5) is 0. The Morgan fingerprint density at radius 2 is 1.74 bits per heavy atom. The monoisotopic (exact) mass is 300 g/mol. The maximum absolute atomic E-state index is 13.0. The second-order valence-corrected chi connectivity index (χ2v) is 4.78. The standard InChI is InChI=1S/C14H11Cl2FO2/c15-12-5-10(7-18)6-13(16)14(12)19-8-9-2-1-3-11(17)4-9/h1-6,18H,7-8H2. The average Bonchev–Trinajstić information content (AvgIpc) is 2.37. The summed E-state index contributed by atoms with van der Waals surface area (Å²) in [7, 11) is 0. The van der Waals surface area contributed by atoms with Gasteiger partial charge in [-0.1, -0.05) is 35.3 Å². The summed E-state index contributed by atoms with van der Waals surface area (Å²) in [6, 6.07) is 9.24. The molecule has 2 aromatic carbocycles. The minimum absolute atomic E-state index is 0.149. The van der Waals surface area contributed by atoms with E-state index in [-0.39, 0.29) is 19.0 Å². The van der Waals surface area contributed by atoms with Gasteiger partial charge < -0.3 is 9.84 Å². The molecule has 0 saturated heterocycles. The van der Waals surface area contributed by atoms with E-state index in [1.807, 2.05) is 0 Å². The molecule has 0 amide bonds. The minimum atomic E-state index is -0.325. The topological polar surface area (TPSA) is 29.5 Å². The Bertz CT molecular complexity index is 564. The third-order valence-corrected chi connectivity index (χ3v) is 3.07. The van der Waals surface area contributed by atoms with Crippen molar-refractivity contribution in [3.8, 4) is 5.75 Å². The highest BCUT2D eigenvalue weighted by molar-refractivity contribution is 6.37. The third kappa shape index (κ3) is 3.60. The Hall–Kier alpha value is -1.29. The van der Waals surface area contributed by atoms with E-state index >= 15 is 0 Å². The first kappa shape index (κ1) is 14.1. The lowest BCUT2D eigenvalue weighted by atomic mass is 10.2. The molecule has 0 radical (unpaired) electrons. The lowest BCUT2D eigenvalue weighted by Gasteiger charge is -2.11. The molecule has 0 aliphatic rings. The van der Waals surface area contributed by atoms with Crippen LogP contribution in [0.5, 0.6) is 5.75 Å². The van der Waals surface area contributed by atoms with Crippen molar-refractivity contribution in [2.24, 2.45) is 0 Å². The van der Waals surface area contributed by atoms with Crippen molar-refractivity contribution < 1.29 is 14.2 Å². The number of rotatable bonds is 4. The van der Waals surface area contributed by atoms with Gasteiger partial charge in [0, 0.05) is 0 Å². The van der Waals surface area contributed by atoms with Crippen LogP contribution in [0.4, 0.5) is 4.39 Å². The molecule has 100 valence electrons. The van der Waals surface area contributed by atoms with Gasteiger partial charge in [-0.15, -0.1) is 0 Å². The van der Waals surface area contributed by atoms with Crippen LogP contribution in [0.25, 0.3) is 0 Å². The third-order valence-electron chi connectivity index (χ3n) is 2.51. The molecule has 0 unspecified atom stereocenters. The number of aliphatic hydroxyl groups excluding tert-OH is 1. The van der Waals surface area contributed by atoms with Crippen LogP contribution in [0.3, 0.4) is 0 Å². The number of ether oxygens (including phenoxy) is 1. The van der Waals surface area contributed by atoms with Gasteiger partial charge in [-0.2, -0.15) is 0 Å². The van der Waals surface area contributed by atoms with Gasteiger partial charge in [0.05, 0.1) is 16.7 Å². The Labute approximate surface area is 120 Å². The predicted molar refractivity (Wildman–Crippen MR) is 73.1 cm³/mol. The first-order chi connectivity index (χ1) is 9.10. The van der Waals surface area contributed by atoms with Crippen molar-refractivity contribution in [2.75, 3.05) is 0 Å². The molecule has 2 nitrogen and oxygen atoms in total. The highest BCUT2D eigenvalue weighted by Crippen LogP contribution is 2.34. The summed E-state index contributed by atoms with van der Waals surface area (Å²) < 4.78 is 18.5. The van der Waals surface area contributed by atoms with Gasteiger partial charge in [0.1, 0.15) is 12.4 Å². The number of hydrogen-bond acceptors (Lipinski definition) is 2. The molecule has 0 aliphatic carbocycles. The molecule has 0 saturated carbocycles. The quantitative estimate of drug-likeness (QED) is 0.917. The average molecular weight is 301 g/mol. The van der Waals surface area contributed by atoms with E-state index in [0.717, 1.165) is 0 Å². The summed E-state index contributed by atoms with van der Waals surface area (Å²) in [5.41, 5.74) is 1.28. The molecule has 0 spiro atoms. The summed E-state index contributed by atoms with van der Waals surface area (Å²) in [5.74, 6) is -0.00119. The second-order valence-electron chi connectivity index (χ2n) is 3.97. The Morgan fingerprint density at radius 3 is 2.32 bits per heavy atom. The first-order valence-corrected chi connectivity index (χ1v) is 6.32. The SMILES string of the molecule is OCc1cc(Cl)c(OCc2cccc(F)c2)c(Cl)c1. The fourth-order valence-electron chi connectivity index (χ4n) is 1.62. The fourth-order valence-corrected chi connectivity index (χ4v) is 2.27. The van der Waals surface area contributed by atoms with Crippen LogP contribution in [0, 0.1) is 5.82 Å². The zero-order valence-corrected chi connectivity index (χ0v) is 11.4.